The summed E-state index contributed by atoms with van der Waals surface area (Å²) in [6.07, 6.45) is 2.46. The molecule has 0 radical (unpaired) electrons. The summed E-state index contributed by atoms with van der Waals surface area (Å²) in [5, 5.41) is 2.18. The van der Waals surface area contributed by atoms with Crippen LogP contribution in [0.4, 0.5) is 10.5 Å². The van der Waals surface area contributed by atoms with Crippen LogP contribution in [0.1, 0.15) is 72.1 Å². The molecule has 0 aliphatic carbocycles. The van der Waals surface area contributed by atoms with Gasteiger partial charge in [0.15, 0.2) is 0 Å². The average Bonchev–Trinajstić information content (AvgIpc) is 3.26. The fourth-order valence-corrected chi connectivity index (χ4v) is 6.18. The Balaban J connectivity index is 1.15. The maximum Gasteiger partial charge on any atom is 0.410 e. The van der Waals surface area contributed by atoms with Gasteiger partial charge in [-0.2, -0.15) is 0 Å². The van der Waals surface area contributed by atoms with E-state index in [0.29, 0.717) is 12.5 Å². The quantitative estimate of drug-likeness (QED) is 0.241. The molecular formula is C36H38N2O4. The Kier molecular flexibility index (Phi) is 7.40. The third kappa shape index (κ3) is 5.58. The summed E-state index contributed by atoms with van der Waals surface area (Å²) in [6, 6.07) is 27.1. The van der Waals surface area contributed by atoms with Crippen molar-refractivity contribution in [3.05, 3.63) is 107 Å². The monoisotopic (exact) mass is 562 g/mol. The number of amides is 2. The molecule has 216 valence electrons. The third-order valence-corrected chi connectivity index (χ3v) is 8.37. The highest BCUT2D eigenvalue weighted by atomic mass is 16.6. The molecule has 2 amide bonds. The van der Waals surface area contributed by atoms with Crippen molar-refractivity contribution in [2.24, 2.45) is 0 Å². The second-order valence-corrected chi connectivity index (χ2v) is 12.4. The van der Waals surface area contributed by atoms with Gasteiger partial charge in [-0.25, -0.2) is 4.79 Å². The predicted octanol–water partition coefficient (Wildman–Crippen LogP) is 7.71. The van der Waals surface area contributed by atoms with Crippen LogP contribution in [-0.2, 0) is 17.7 Å². The van der Waals surface area contributed by atoms with Crippen LogP contribution in [0.5, 0.6) is 5.75 Å². The largest absolute Gasteiger partial charge is 0.497 e. The van der Waals surface area contributed by atoms with E-state index in [9.17, 15) is 9.59 Å². The molecule has 6 rings (SSSR count). The highest BCUT2D eigenvalue weighted by Crippen LogP contribution is 2.40. The highest BCUT2D eigenvalue weighted by molar-refractivity contribution is 6.25. The smallest absolute Gasteiger partial charge is 0.410 e. The van der Waals surface area contributed by atoms with Crippen LogP contribution in [0.25, 0.3) is 10.8 Å². The normalized spacial score (nSPS) is 15.4. The Morgan fingerprint density at radius 1 is 0.881 bits per heavy atom. The van der Waals surface area contributed by atoms with Gasteiger partial charge in [-0.3, -0.25) is 4.79 Å². The van der Waals surface area contributed by atoms with Gasteiger partial charge in [0.1, 0.15) is 11.4 Å². The van der Waals surface area contributed by atoms with E-state index in [1.54, 1.807) is 7.11 Å². The molecule has 0 atom stereocenters. The molecule has 4 aromatic carbocycles. The molecule has 0 spiro atoms. The van der Waals surface area contributed by atoms with Gasteiger partial charge >= 0.3 is 6.09 Å². The Hall–Kier alpha value is -4.32. The lowest BCUT2D eigenvalue weighted by Crippen LogP contribution is -2.41. The summed E-state index contributed by atoms with van der Waals surface area (Å²) in [5.41, 5.74) is 6.11. The van der Waals surface area contributed by atoms with Gasteiger partial charge in [-0.1, -0.05) is 54.6 Å². The number of nitrogens with zero attached hydrogens (tertiary/aromatic N) is 2. The number of anilines is 1. The Morgan fingerprint density at radius 3 is 2.24 bits per heavy atom. The van der Waals surface area contributed by atoms with Crippen molar-refractivity contribution in [2.75, 3.05) is 25.1 Å². The first-order valence-corrected chi connectivity index (χ1v) is 14.8. The first-order chi connectivity index (χ1) is 20.2. The molecule has 6 nitrogen and oxygen atoms in total. The summed E-state index contributed by atoms with van der Waals surface area (Å²) >= 11 is 0. The van der Waals surface area contributed by atoms with Gasteiger partial charge in [0.2, 0.25) is 0 Å². The zero-order valence-corrected chi connectivity index (χ0v) is 24.9. The van der Waals surface area contributed by atoms with Crippen LogP contribution >= 0.6 is 0 Å². The zero-order chi connectivity index (χ0) is 29.4. The molecule has 2 aliphatic heterocycles. The number of benzene rings is 4. The second-order valence-electron chi connectivity index (χ2n) is 12.4. The lowest BCUT2D eigenvalue weighted by Gasteiger charge is -2.33. The van der Waals surface area contributed by atoms with Gasteiger partial charge in [0.05, 0.1) is 19.3 Å². The average molecular weight is 563 g/mol. The van der Waals surface area contributed by atoms with Crippen molar-refractivity contribution in [3.63, 3.8) is 0 Å². The number of rotatable bonds is 6. The predicted molar refractivity (Wildman–Crippen MR) is 166 cm³/mol. The maximum atomic E-state index is 13.5. The van der Waals surface area contributed by atoms with Crippen molar-refractivity contribution >= 4 is 28.5 Å². The molecule has 2 aliphatic rings. The summed E-state index contributed by atoms with van der Waals surface area (Å²) in [6.45, 7) is 7.67. The second kappa shape index (κ2) is 11.2. The number of methoxy groups -OCH3 is 1. The third-order valence-electron chi connectivity index (χ3n) is 8.37. The molecule has 1 fully saturated rings. The molecule has 42 heavy (non-hydrogen) atoms. The fourth-order valence-electron chi connectivity index (χ4n) is 6.18. The zero-order valence-electron chi connectivity index (χ0n) is 24.9. The van der Waals surface area contributed by atoms with E-state index in [4.69, 9.17) is 9.47 Å². The molecule has 0 saturated carbocycles. The van der Waals surface area contributed by atoms with Crippen LogP contribution in [0.2, 0.25) is 0 Å². The van der Waals surface area contributed by atoms with Crippen molar-refractivity contribution < 1.29 is 19.1 Å². The molecule has 1 saturated heterocycles. The van der Waals surface area contributed by atoms with E-state index in [2.05, 4.69) is 42.5 Å². The molecule has 2 heterocycles. The first-order valence-electron chi connectivity index (χ1n) is 14.8. The van der Waals surface area contributed by atoms with Crippen LogP contribution in [0.3, 0.4) is 0 Å². The molecule has 6 heteroatoms. The lowest BCUT2D eigenvalue weighted by molar-refractivity contribution is 0.0204. The minimum absolute atomic E-state index is 0.0469. The standard InChI is InChI=1S/C36H38N2O4/c1-36(2,3)42-35(40)37-20-18-27(19-21-37)26-12-8-24(9-13-26)22-28-14-17-32-33-30(28)6-5-7-31(33)34(39)38(32)23-25-10-15-29(41-4)16-11-25/h5-17,27H,18-23H2,1-4H3. The topological polar surface area (TPSA) is 59.1 Å². The van der Waals surface area contributed by atoms with Gasteiger partial charge < -0.3 is 19.3 Å². The highest BCUT2D eigenvalue weighted by Gasteiger charge is 2.31. The maximum absolute atomic E-state index is 13.5. The van der Waals surface area contributed by atoms with Crippen LogP contribution in [0.15, 0.2) is 78.9 Å². The Labute approximate surface area is 247 Å². The van der Waals surface area contributed by atoms with Gasteiger partial charge in [-0.15, -0.1) is 0 Å². The van der Waals surface area contributed by atoms with E-state index < -0.39 is 5.60 Å². The minimum Gasteiger partial charge on any atom is -0.497 e. The van der Waals surface area contributed by atoms with Crippen molar-refractivity contribution in [1.82, 2.24) is 4.90 Å². The molecule has 0 unspecified atom stereocenters. The molecular weight excluding hydrogens is 524 g/mol. The minimum atomic E-state index is -0.471. The van der Waals surface area contributed by atoms with Crippen molar-refractivity contribution in [3.8, 4) is 5.75 Å². The Morgan fingerprint density at radius 2 is 1.57 bits per heavy atom. The van der Waals surface area contributed by atoms with E-state index in [-0.39, 0.29) is 12.0 Å². The summed E-state index contributed by atoms with van der Waals surface area (Å²) in [4.78, 5) is 29.6. The summed E-state index contributed by atoms with van der Waals surface area (Å²) in [5.74, 6) is 1.29. The van der Waals surface area contributed by atoms with E-state index in [1.165, 1.54) is 16.7 Å². The number of carbonyl (C=O) groups excluding carboxylic acids is 2. The van der Waals surface area contributed by atoms with Crippen LogP contribution < -0.4 is 9.64 Å². The van der Waals surface area contributed by atoms with Gasteiger partial charge in [0, 0.05) is 24.0 Å². The van der Waals surface area contributed by atoms with Gasteiger partial charge in [-0.05, 0) is 97.9 Å². The van der Waals surface area contributed by atoms with Crippen molar-refractivity contribution in [1.29, 1.82) is 0 Å². The lowest BCUT2D eigenvalue weighted by atomic mass is 9.88. The molecule has 0 bridgehead atoms. The number of carbonyl (C=O) groups is 2. The van der Waals surface area contributed by atoms with E-state index >= 15 is 0 Å². The number of hydrogen-bond acceptors (Lipinski definition) is 4. The van der Waals surface area contributed by atoms with E-state index in [1.807, 2.05) is 67.0 Å². The molecule has 0 aromatic heterocycles. The number of piperidine rings is 1. The van der Waals surface area contributed by atoms with Gasteiger partial charge in [0.25, 0.3) is 5.91 Å². The number of ether oxygens (including phenoxy) is 2. The summed E-state index contributed by atoms with van der Waals surface area (Å²) < 4.78 is 10.8. The van der Waals surface area contributed by atoms with Crippen LogP contribution in [0, 0.1) is 0 Å². The first kappa shape index (κ1) is 27.8. The number of likely N-dealkylation sites (tertiary alicyclic amines) is 1. The molecule has 0 N–H and O–H groups in total. The fraction of sp³-hybridized carbons (Fsp3) is 0.333. The van der Waals surface area contributed by atoms with E-state index in [0.717, 1.165) is 65.7 Å². The van der Waals surface area contributed by atoms with Crippen molar-refractivity contribution in [2.45, 2.75) is 58.1 Å². The summed E-state index contributed by atoms with van der Waals surface area (Å²) in [7, 11) is 1.65. The Bertz CT molecular complexity index is 1610. The number of hydrogen-bond donors (Lipinski definition) is 0. The van der Waals surface area contributed by atoms with Crippen LogP contribution in [-0.4, -0.2) is 42.7 Å². The molecule has 4 aromatic rings. The SMILES string of the molecule is COc1ccc(CN2C(=O)c3cccc4c(Cc5ccc(C6CCN(C(=O)OC(C)(C)C)CC6)cc5)ccc2c34)cc1.